The van der Waals surface area contributed by atoms with Gasteiger partial charge in [-0.3, -0.25) is 0 Å². The molecule has 0 spiro atoms. The second kappa shape index (κ2) is 6.42. The van der Waals surface area contributed by atoms with Gasteiger partial charge in [0, 0.05) is 24.5 Å². The number of rotatable bonds is 4. The van der Waals surface area contributed by atoms with E-state index in [0.717, 1.165) is 22.1 Å². The Balaban J connectivity index is 1.49. The molecule has 0 unspecified atom stereocenters. The molecular formula is C18H19BrN4. The van der Waals surface area contributed by atoms with Crippen LogP contribution in [0.1, 0.15) is 18.4 Å². The number of fused-ring (bicyclic) bond motifs is 1. The Labute approximate surface area is 144 Å². The van der Waals surface area contributed by atoms with Crippen molar-refractivity contribution in [2.75, 3.05) is 19.6 Å². The highest BCUT2D eigenvalue weighted by Gasteiger charge is 2.11. The first-order valence-electron chi connectivity index (χ1n) is 8.10. The van der Waals surface area contributed by atoms with Gasteiger partial charge in [0.25, 0.3) is 0 Å². The monoisotopic (exact) mass is 370 g/mol. The van der Waals surface area contributed by atoms with Gasteiger partial charge >= 0.3 is 0 Å². The standard InChI is InChI=1S/C18H19BrN4/c19-17-12-21-23-13-16(11-20-18(17)23)15-5-3-14(4-6-15)7-10-22-8-1-2-9-22/h3-6,11-13H,1-2,7-10H2. The number of likely N-dealkylation sites (tertiary alicyclic amines) is 1. The Morgan fingerprint density at radius 1 is 1.00 bits per heavy atom. The summed E-state index contributed by atoms with van der Waals surface area (Å²) in [5, 5.41) is 4.30. The van der Waals surface area contributed by atoms with Crippen molar-refractivity contribution in [2.45, 2.75) is 19.3 Å². The second-order valence-corrected chi connectivity index (χ2v) is 6.95. The third-order valence-corrected chi connectivity index (χ3v) is 5.08. The molecule has 4 rings (SSSR count). The molecule has 0 aliphatic carbocycles. The van der Waals surface area contributed by atoms with Crippen LogP contribution in [0, 0.1) is 0 Å². The van der Waals surface area contributed by atoms with E-state index >= 15 is 0 Å². The number of halogens is 1. The average molecular weight is 371 g/mol. The molecule has 0 atom stereocenters. The number of nitrogens with zero attached hydrogens (tertiary/aromatic N) is 4. The lowest BCUT2D eigenvalue weighted by atomic mass is 10.1. The summed E-state index contributed by atoms with van der Waals surface area (Å²) in [4.78, 5) is 7.03. The van der Waals surface area contributed by atoms with Crippen LogP contribution in [0.25, 0.3) is 16.8 Å². The van der Waals surface area contributed by atoms with E-state index in [4.69, 9.17) is 0 Å². The summed E-state index contributed by atoms with van der Waals surface area (Å²) in [6, 6.07) is 8.82. The van der Waals surface area contributed by atoms with Gasteiger partial charge < -0.3 is 4.90 Å². The van der Waals surface area contributed by atoms with Crippen LogP contribution >= 0.6 is 15.9 Å². The van der Waals surface area contributed by atoms with Crippen LogP contribution in [-0.4, -0.2) is 39.1 Å². The van der Waals surface area contributed by atoms with Gasteiger partial charge in [0.1, 0.15) is 0 Å². The molecule has 1 fully saturated rings. The predicted octanol–water partition coefficient (Wildman–Crippen LogP) is 3.80. The van der Waals surface area contributed by atoms with Gasteiger partial charge in [0.05, 0.1) is 10.7 Å². The van der Waals surface area contributed by atoms with E-state index in [0.29, 0.717) is 0 Å². The Morgan fingerprint density at radius 2 is 1.78 bits per heavy atom. The molecule has 118 valence electrons. The first kappa shape index (κ1) is 14.8. The van der Waals surface area contributed by atoms with Crippen molar-refractivity contribution in [3.05, 3.63) is 52.9 Å². The zero-order valence-electron chi connectivity index (χ0n) is 13.0. The third kappa shape index (κ3) is 3.16. The molecule has 0 saturated carbocycles. The second-order valence-electron chi connectivity index (χ2n) is 6.10. The molecule has 0 N–H and O–H groups in total. The summed E-state index contributed by atoms with van der Waals surface area (Å²) in [5.41, 5.74) is 4.50. The summed E-state index contributed by atoms with van der Waals surface area (Å²) >= 11 is 3.45. The maximum Gasteiger partial charge on any atom is 0.169 e. The molecular weight excluding hydrogens is 352 g/mol. The quantitative estimate of drug-likeness (QED) is 0.700. The van der Waals surface area contributed by atoms with E-state index < -0.39 is 0 Å². The van der Waals surface area contributed by atoms with Gasteiger partial charge in [-0.05, 0) is 59.4 Å². The molecule has 3 heterocycles. The molecule has 3 aromatic rings. The van der Waals surface area contributed by atoms with Crippen molar-refractivity contribution in [1.29, 1.82) is 0 Å². The maximum absolute atomic E-state index is 4.48. The minimum Gasteiger partial charge on any atom is -0.303 e. The largest absolute Gasteiger partial charge is 0.303 e. The SMILES string of the molecule is Brc1cnn2cc(-c3ccc(CCN4CCCC4)cc3)cnc12. The molecule has 23 heavy (non-hydrogen) atoms. The number of aromatic nitrogens is 3. The van der Waals surface area contributed by atoms with Gasteiger partial charge in [-0.25, -0.2) is 9.50 Å². The van der Waals surface area contributed by atoms with Crippen molar-refractivity contribution in [3.8, 4) is 11.1 Å². The highest BCUT2D eigenvalue weighted by Crippen LogP contribution is 2.22. The Bertz CT molecular complexity index is 804. The van der Waals surface area contributed by atoms with E-state index in [1.807, 2.05) is 12.4 Å². The molecule has 0 radical (unpaired) electrons. The van der Waals surface area contributed by atoms with Gasteiger partial charge in [-0.1, -0.05) is 24.3 Å². The van der Waals surface area contributed by atoms with Gasteiger partial charge in [0.2, 0.25) is 0 Å². The fraction of sp³-hybridized carbons (Fsp3) is 0.333. The fourth-order valence-electron chi connectivity index (χ4n) is 3.15. The zero-order valence-corrected chi connectivity index (χ0v) is 14.5. The van der Waals surface area contributed by atoms with Gasteiger partial charge in [-0.2, -0.15) is 5.10 Å². The maximum atomic E-state index is 4.48. The molecule has 1 aromatic carbocycles. The van der Waals surface area contributed by atoms with Crippen molar-refractivity contribution in [1.82, 2.24) is 19.5 Å². The van der Waals surface area contributed by atoms with E-state index in [2.05, 4.69) is 55.2 Å². The Morgan fingerprint density at radius 3 is 2.57 bits per heavy atom. The van der Waals surface area contributed by atoms with Crippen LogP contribution in [0.5, 0.6) is 0 Å². The summed E-state index contributed by atoms with van der Waals surface area (Å²) < 4.78 is 2.72. The first-order chi connectivity index (χ1) is 11.3. The molecule has 1 saturated heterocycles. The molecule has 4 nitrogen and oxygen atoms in total. The lowest BCUT2D eigenvalue weighted by molar-refractivity contribution is 0.343. The number of hydrogen-bond acceptors (Lipinski definition) is 3. The molecule has 1 aliphatic rings. The average Bonchev–Trinajstić information content (AvgIpc) is 3.23. The molecule has 0 bridgehead atoms. The van der Waals surface area contributed by atoms with E-state index in [-0.39, 0.29) is 0 Å². The van der Waals surface area contributed by atoms with E-state index in [1.54, 1.807) is 10.7 Å². The lowest BCUT2D eigenvalue weighted by Crippen LogP contribution is -2.21. The summed E-state index contributed by atoms with van der Waals surface area (Å²) in [7, 11) is 0. The smallest absolute Gasteiger partial charge is 0.169 e. The third-order valence-electron chi connectivity index (χ3n) is 4.52. The van der Waals surface area contributed by atoms with E-state index in [9.17, 15) is 0 Å². The number of hydrogen-bond donors (Lipinski definition) is 0. The van der Waals surface area contributed by atoms with Crippen LogP contribution in [0.3, 0.4) is 0 Å². The van der Waals surface area contributed by atoms with E-state index in [1.165, 1.54) is 43.6 Å². The van der Waals surface area contributed by atoms with Crippen molar-refractivity contribution < 1.29 is 0 Å². The highest BCUT2D eigenvalue weighted by molar-refractivity contribution is 9.10. The highest BCUT2D eigenvalue weighted by atomic mass is 79.9. The Hall–Kier alpha value is -1.72. The summed E-state index contributed by atoms with van der Waals surface area (Å²) in [6.07, 6.45) is 9.54. The minimum absolute atomic E-state index is 0.844. The van der Waals surface area contributed by atoms with Crippen LogP contribution in [0.2, 0.25) is 0 Å². The normalized spacial score (nSPS) is 15.5. The van der Waals surface area contributed by atoms with Crippen LogP contribution in [0.4, 0.5) is 0 Å². The summed E-state index contributed by atoms with van der Waals surface area (Å²) in [6.45, 7) is 3.71. The predicted molar refractivity (Wildman–Crippen MR) is 95.5 cm³/mol. The molecule has 1 aliphatic heterocycles. The Kier molecular flexibility index (Phi) is 4.14. The fourth-order valence-corrected chi connectivity index (χ4v) is 3.53. The first-order valence-corrected chi connectivity index (χ1v) is 8.89. The van der Waals surface area contributed by atoms with Crippen molar-refractivity contribution in [2.24, 2.45) is 0 Å². The van der Waals surface area contributed by atoms with Gasteiger partial charge in [-0.15, -0.1) is 0 Å². The van der Waals surface area contributed by atoms with Crippen molar-refractivity contribution in [3.63, 3.8) is 0 Å². The molecule has 5 heteroatoms. The number of benzene rings is 1. The lowest BCUT2D eigenvalue weighted by Gasteiger charge is -2.14. The summed E-state index contributed by atoms with van der Waals surface area (Å²) in [5.74, 6) is 0. The van der Waals surface area contributed by atoms with Crippen molar-refractivity contribution >= 4 is 21.6 Å². The minimum atomic E-state index is 0.844. The topological polar surface area (TPSA) is 33.4 Å². The van der Waals surface area contributed by atoms with Crippen LogP contribution in [-0.2, 0) is 6.42 Å². The van der Waals surface area contributed by atoms with Gasteiger partial charge in [0.15, 0.2) is 5.65 Å². The zero-order chi connectivity index (χ0) is 15.6. The molecule has 2 aromatic heterocycles. The van der Waals surface area contributed by atoms with Crippen LogP contribution in [0.15, 0.2) is 47.3 Å². The molecule has 0 amide bonds. The van der Waals surface area contributed by atoms with Crippen LogP contribution < -0.4 is 0 Å².